The molecule has 3 rings (SSSR count). The Labute approximate surface area is 131 Å². The van der Waals surface area contributed by atoms with Crippen molar-refractivity contribution in [3.63, 3.8) is 0 Å². The zero-order valence-electron chi connectivity index (χ0n) is 13.9. The van der Waals surface area contributed by atoms with Crippen molar-refractivity contribution in [2.75, 3.05) is 26.2 Å². The van der Waals surface area contributed by atoms with Crippen LogP contribution in [0.4, 0.5) is 0 Å². The van der Waals surface area contributed by atoms with E-state index in [1.807, 2.05) is 0 Å². The fourth-order valence-electron chi connectivity index (χ4n) is 4.78. The molecule has 2 aliphatic heterocycles. The second-order valence-corrected chi connectivity index (χ2v) is 7.61. The first kappa shape index (κ1) is 15.8. The van der Waals surface area contributed by atoms with Crippen LogP contribution < -0.4 is 10.6 Å². The summed E-state index contributed by atoms with van der Waals surface area (Å²) in [6, 6.07) is 2.28. The standard InChI is InChI=1S/C18H35N3/c1-15(21-12-5-2-6-13-21)14-20-18-9-4-3-8-16(18)17-10-7-11-19-17/h15-20H,2-14H2,1H3. The van der Waals surface area contributed by atoms with E-state index in [1.165, 1.54) is 84.0 Å². The van der Waals surface area contributed by atoms with E-state index in [2.05, 4.69) is 22.5 Å². The van der Waals surface area contributed by atoms with E-state index in [0.29, 0.717) is 6.04 Å². The van der Waals surface area contributed by atoms with E-state index in [4.69, 9.17) is 0 Å². The second-order valence-electron chi connectivity index (χ2n) is 7.61. The lowest BCUT2D eigenvalue weighted by Crippen LogP contribution is -2.51. The highest BCUT2D eigenvalue weighted by molar-refractivity contribution is 4.92. The maximum Gasteiger partial charge on any atom is 0.0192 e. The minimum Gasteiger partial charge on any atom is -0.314 e. The largest absolute Gasteiger partial charge is 0.314 e. The van der Waals surface area contributed by atoms with E-state index in [9.17, 15) is 0 Å². The summed E-state index contributed by atoms with van der Waals surface area (Å²) in [7, 11) is 0. The quantitative estimate of drug-likeness (QED) is 0.816. The third-order valence-corrected chi connectivity index (χ3v) is 6.12. The zero-order chi connectivity index (χ0) is 14.5. The maximum atomic E-state index is 3.96. The van der Waals surface area contributed by atoms with Crippen molar-refractivity contribution < 1.29 is 0 Å². The second kappa shape index (κ2) is 7.94. The number of nitrogens with zero attached hydrogens (tertiary/aromatic N) is 1. The molecular weight excluding hydrogens is 258 g/mol. The van der Waals surface area contributed by atoms with Crippen molar-refractivity contribution in [2.45, 2.75) is 82.8 Å². The minimum absolute atomic E-state index is 0.712. The van der Waals surface area contributed by atoms with Gasteiger partial charge in [-0.3, -0.25) is 4.90 Å². The molecule has 2 N–H and O–H groups in total. The van der Waals surface area contributed by atoms with E-state index in [-0.39, 0.29) is 0 Å². The van der Waals surface area contributed by atoms with Crippen LogP contribution in [0.15, 0.2) is 0 Å². The molecule has 2 saturated heterocycles. The Kier molecular flexibility index (Phi) is 5.96. The van der Waals surface area contributed by atoms with E-state index < -0.39 is 0 Å². The number of nitrogens with one attached hydrogen (secondary N) is 2. The number of rotatable bonds is 5. The number of likely N-dealkylation sites (tertiary alicyclic amines) is 1. The zero-order valence-corrected chi connectivity index (χ0v) is 13.9. The van der Waals surface area contributed by atoms with Gasteiger partial charge in [0.1, 0.15) is 0 Å². The average Bonchev–Trinajstić information content (AvgIpc) is 3.08. The maximum absolute atomic E-state index is 3.96. The first-order valence-corrected chi connectivity index (χ1v) is 9.55. The van der Waals surface area contributed by atoms with Gasteiger partial charge in [-0.25, -0.2) is 0 Å². The molecule has 3 aliphatic rings. The van der Waals surface area contributed by atoms with Gasteiger partial charge in [-0.05, 0) is 71.0 Å². The molecular formula is C18H35N3. The van der Waals surface area contributed by atoms with Gasteiger partial charge >= 0.3 is 0 Å². The highest BCUT2D eigenvalue weighted by Gasteiger charge is 2.33. The number of hydrogen-bond donors (Lipinski definition) is 2. The minimum atomic E-state index is 0.712. The molecule has 0 radical (unpaired) electrons. The Balaban J connectivity index is 1.47. The van der Waals surface area contributed by atoms with Crippen LogP contribution in [0.25, 0.3) is 0 Å². The molecule has 1 aliphatic carbocycles. The first-order valence-electron chi connectivity index (χ1n) is 9.55. The SMILES string of the molecule is CC(CNC1CCCCC1C1CCCN1)N1CCCCC1. The highest BCUT2D eigenvalue weighted by atomic mass is 15.2. The van der Waals surface area contributed by atoms with Gasteiger partial charge in [-0.15, -0.1) is 0 Å². The predicted molar refractivity (Wildman–Crippen MR) is 89.7 cm³/mol. The van der Waals surface area contributed by atoms with E-state index >= 15 is 0 Å². The van der Waals surface area contributed by atoms with E-state index in [1.54, 1.807) is 0 Å². The molecule has 0 aromatic heterocycles. The average molecular weight is 293 g/mol. The fourth-order valence-corrected chi connectivity index (χ4v) is 4.78. The molecule has 4 atom stereocenters. The van der Waals surface area contributed by atoms with Crippen molar-refractivity contribution in [1.29, 1.82) is 0 Å². The number of piperidine rings is 1. The highest BCUT2D eigenvalue weighted by Crippen LogP contribution is 2.30. The van der Waals surface area contributed by atoms with Crippen molar-refractivity contribution in [2.24, 2.45) is 5.92 Å². The summed E-state index contributed by atoms with van der Waals surface area (Å²) >= 11 is 0. The summed E-state index contributed by atoms with van der Waals surface area (Å²) in [6.07, 6.45) is 12.8. The summed E-state index contributed by atoms with van der Waals surface area (Å²) in [5, 5.41) is 7.72. The Morgan fingerprint density at radius 1 is 1.00 bits per heavy atom. The van der Waals surface area contributed by atoms with Crippen LogP contribution in [0.5, 0.6) is 0 Å². The van der Waals surface area contributed by atoms with Crippen molar-refractivity contribution in [3.8, 4) is 0 Å². The Morgan fingerprint density at radius 2 is 1.81 bits per heavy atom. The smallest absolute Gasteiger partial charge is 0.0192 e. The summed E-state index contributed by atoms with van der Waals surface area (Å²) in [5.74, 6) is 0.884. The molecule has 2 heterocycles. The van der Waals surface area contributed by atoms with Gasteiger partial charge < -0.3 is 10.6 Å². The van der Waals surface area contributed by atoms with Crippen LogP contribution in [0.3, 0.4) is 0 Å². The summed E-state index contributed by atoms with van der Waals surface area (Å²) in [4.78, 5) is 2.70. The van der Waals surface area contributed by atoms with Crippen LogP contribution in [0.2, 0.25) is 0 Å². The van der Waals surface area contributed by atoms with Crippen molar-refractivity contribution in [3.05, 3.63) is 0 Å². The van der Waals surface area contributed by atoms with Gasteiger partial charge in [-0.1, -0.05) is 19.3 Å². The number of hydrogen-bond acceptors (Lipinski definition) is 3. The van der Waals surface area contributed by atoms with Gasteiger partial charge in [0.15, 0.2) is 0 Å². The third kappa shape index (κ3) is 4.20. The van der Waals surface area contributed by atoms with Crippen LogP contribution >= 0.6 is 0 Å². The van der Waals surface area contributed by atoms with Gasteiger partial charge in [0.2, 0.25) is 0 Å². The van der Waals surface area contributed by atoms with E-state index in [0.717, 1.165) is 18.0 Å². The van der Waals surface area contributed by atoms with Crippen LogP contribution in [0.1, 0.15) is 64.7 Å². The summed E-state index contributed by atoms with van der Waals surface area (Å²) < 4.78 is 0. The Morgan fingerprint density at radius 3 is 2.57 bits per heavy atom. The van der Waals surface area contributed by atoms with Crippen molar-refractivity contribution in [1.82, 2.24) is 15.5 Å². The molecule has 0 aromatic carbocycles. The molecule has 0 spiro atoms. The first-order chi connectivity index (χ1) is 10.3. The van der Waals surface area contributed by atoms with Gasteiger partial charge in [0, 0.05) is 24.7 Å². The van der Waals surface area contributed by atoms with Gasteiger partial charge in [0.05, 0.1) is 0 Å². The van der Waals surface area contributed by atoms with Crippen LogP contribution in [0, 0.1) is 5.92 Å². The van der Waals surface area contributed by atoms with Crippen molar-refractivity contribution >= 4 is 0 Å². The lowest BCUT2D eigenvalue weighted by Gasteiger charge is -2.39. The lowest BCUT2D eigenvalue weighted by molar-refractivity contribution is 0.152. The third-order valence-electron chi connectivity index (χ3n) is 6.12. The van der Waals surface area contributed by atoms with Crippen LogP contribution in [-0.2, 0) is 0 Å². The normalized spacial score (nSPS) is 36.7. The topological polar surface area (TPSA) is 27.3 Å². The molecule has 3 heteroatoms. The molecule has 0 amide bonds. The predicted octanol–water partition coefficient (Wildman–Crippen LogP) is 2.76. The molecule has 0 bridgehead atoms. The van der Waals surface area contributed by atoms with Gasteiger partial charge in [0.25, 0.3) is 0 Å². The molecule has 4 unspecified atom stereocenters. The summed E-state index contributed by atoms with van der Waals surface area (Å²) in [6.45, 7) is 7.50. The summed E-state index contributed by atoms with van der Waals surface area (Å²) in [5.41, 5.74) is 0. The Bertz CT molecular complexity index is 295. The molecule has 3 nitrogen and oxygen atoms in total. The van der Waals surface area contributed by atoms with Gasteiger partial charge in [-0.2, -0.15) is 0 Å². The molecule has 0 aromatic rings. The molecule has 21 heavy (non-hydrogen) atoms. The lowest BCUT2D eigenvalue weighted by atomic mass is 9.79. The molecule has 122 valence electrons. The monoisotopic (exact) mass is 293 g/mol. The molecule has 3 fully saturated rings. The fraction of sp³-hybridized carbons (Fsp3) is 1.00. The Hall–Kier alpha value is -0.120. The molecule has 1 saturated carbocycles. The van der Waals surface area contributed by atoms with Crippen LogP contribution in [-0.4, -0.2) is 49.2 Å².